The first kappa shape index (κ1) is 78.0. The topological polar surface area (TPSA) is 24.5 Å². The van der Waals surface area contributed by atoms with Gasteiger partial charge in [0.1, 0.15) is 0 Å². The number of fused-ring (bicyclic) bond motifs is 23. The van der Waals surface area contributed by atoms with Crippen molar-refractivity contribution < 1.29 is 0 Å². The van der Waals surface area contributed by atoms with Crippen LogP contribution in [0.5, 0.6) is 0 Å². The first-order valence-electron chi connectivity index (χ1n) is 45.4. The van der Waals surface area contributed by atoms with Gasteiger partial charge >= 0.3 is 0 Å². The second-order valence-electron chi connectivity index (χ2n) is 35.6. The molecule has 3 aliphatic rings. The molecule has 0 aliphatic heterocycles. The molecule has 0 saturated heterocycles. The van der Waals surface area contributed by atoms with Crippen molar-refractivity contribution in [2.45, 2.75) is 24.7 Å². The first-order valence-corrected chi connectivity index (χ1v) is 45.4. The van der Waals surface area contributed by atoms with E-state index in [-0.39, 0.29) is 10.8 Å². The highest BCUT2D eigenvalue weighted by molar-refractivity contribution is 6.12. The van der Waals surface area contributed by atoms with Crippen molar-refractivity contribution in [1.29, 1.82) is 0 Å². The third kappa shape index (κ3) is 12.8. The van der Waals surface area contributed by atoms with E-state index in [1.54, 1.807) is 0 Å². The minimum Gasteiger partial charge on any atom is -0.345 e. The van der Waals surface area contributed by atoms with Crippen molar-refractivity contribution in [2.75, 3.05) is 35.8 Å². The fourth-order valence-corrected chi connectivity index (χ4v) is 21.8. The summed E-state index contributed by atoms with van der Waals surface area (Å²) in [7, 11) is 6.48. The number of benzene rings is 20. The molecule has 131 heavy (non-hydrogen) atoms. The van der Waals surface area contributed by atoms with Gasteiger partial charge in [0, 0.05) is 115 Å². The molecule has 6 heteroatoms. The summed E-state index contributed by atoms with van der Waals surface area (Å²) >= 11 is 0. The van der Waals surface area contributed by atoms with E-state index in [2.05, 4.69) is 531 Å². The Bertz CT molecular complexity index is 8170. The zero-order valence-electron chi connectivity index (χ0n) is 73.6. The standard InChI is InChI=1S/C50H34N2.C40H32N2.C35H26N2/c1-51(35-26-22-33(23-27-35)34-24-28-36(29-25-34)52-48-20-10-5-15-42(48)43-16-6-11-21-49(43)52)37-30-31-41-40-14-4-9-19-46(40)50(47(41)32-37)44-17-7-2-12-38(44)39-13-3-8-18-45(39)50;1-40(2)36-13-7-4-10-32(36)33-25-24-31(26-37(33)40)41(3)29-20-16-27(17-21-29)28-18-22-30(23-19-28)42-38-14-8-5-11-34(38)35-12-6-9-15-39(35)42;1-36(33-16-8-10-27-9-2-3-11-30(27)33)28-21-17-25(18-22-28)26-19-23-29(24-20-26)37-34-14-6-4-12-31(34)32-13-5-7-15-35(32)37/h2-32H,1H3;4-26H,1-3H3;2-24H,1H3. The van der Waals surface area contributed by atoms with Crippen molar-refractivity contribution in [3.8, 4) is 83.8 Å². The Hall–Kier alpha value is -16.5. The number of aromatic nitrogens is 3. The Morgan fingerprint density at radius 1 is 0.183 bits per heavy atom. The van der Waals surface area contributed by atoms with Gasteiger partial charge < -0.3 is 28.4 Å². The molecule has 3 aromatic heterocycles. The first-order chi connectivity index (χ1) is 64.5. The lowest BCUT2D eigenvalue weighted by Crippen LogP contribution is -2.26. The van der Waals surface area contributed by atoms with Gasteiger partial charge in [-0.2, -0.15) is 0 Å². The molecule has 23 aromatic rings. The number of anilines is 6. The fraction of sp³-hybridized carbons (Fsp3) is 0.0560. The van der Waals surface area contributed by atoms with Gasteiger partial charge in [0.15, 0.2) is 0 Å². The second kappa shape index (κ2) is 31.5. The van der Waals surface area contributed by atoms with Gasteiger partial charge in [0.25, 0.3) is 0 Å². The number of rotatable bonds is 12. The summed E-state index contributed by atoms with van der Waals surface area (Å²) in [6.07, 6.45) is 0. The van der Waals surface area contributed by atoms with Gasteiger partial charge in [-0.05, 0) is 245 Å². The molecule has 0 atom stereocenters. The maximum Gasteiger partial charge on any atom is 0.0726 e. The van der Waals surface area contributed by atoms with Crippen LogP contribution in [-0.4, -0.2) is 34.8 Å². The zero-order valence-corrected chi connectivity index (χ0v) is 73.6. The van der Waals surface area contributed by atoms with Crippen LogP contribution in [0.3, 0.4) is 0 Å². The number of hydrogen-bond donors (Lipinski definition) is 0. The number of nitrogens with zero attached hydrogens (tertiary/aromatic N) is 6. The maximum absolute atomic E-state index is 2.44. The molecule has 0 fully saturated rings. The van der Waals surface area contributed by atoms with Crippen LogP contribution >= 0.6 is 0 Å². The van der Waals surface area contributed by atoms with E-state index in [0.717, 1.165) is 5.69 Å². The van der Waals surface area contributed by atoms with Gasteiger partial charge in [0.05, 0.1) is 38.5 Å². The molecule has 0 N–H and O–H groups in total. The third-order valence-corrected chi connectivity index (χ3v) is 28.3. The van der Waals surface area contributed by atoms with Crippen LogP contribution in [0.1, 0.15) is 47.2 Å². The largest absolute Gasteiger partial charge is 0.345 e. The lowest BCUT2D eigenvalue weighted by Gasteiger charge is -2.31. The Kier molecular flexibility index (Phi) is 18.7. The minimum atomic E-state index is -0.342. The van der Waals surface area contributed by atoms with Gasteiger partial charge in [-0.15, -0.1) is 0 Å². The highest BCUT2D eigenvalue weighted by Crippen LogP contribution is 2.63. The molecule has 0 radical (unpaired) electrons. The smallest absolute Gasteiger partial charge is 0.0726 e. The summed E-state index contributed by atoms with van der Waals surface area (Å²) in [5.41, 5.74) is 41.2. The summed E-state index contributed by atoms with van der Waals surface area (Å²) in [4.78, 5) is 6.87. The average Bonchev–Trinajstić information content (AvgIpc) is 1.51. The molecule has 26 rings (SSSR count). The van der Waals surface area contributed by atoms with E-state index in [4.69, 9.17) is 0 Å². The van der Waals surface area contributed by atoms with Crippen molar-refractivity contribution in [2.24, 2.45) is 0 Å². The second-order valence-corrected chi connectivity index (χ2v) is 35.6. The van der Waals surface area contributed by atoms with Crippen LogP contribution in [0.25, 0.3) is 160 Å². The highest BCUT2D eigenvalue weighted by Gasteiger charge is 2.52. The van der Waals surface area contributed by atoms with Gasteiger partial charge in [-0.3, -0.25) is 0 Å². The predicted octanol–water partition coefficient (Wildman–Crippen LogP) is 32.5. The molecule has 20 aromatic carbocycles. The molecular weight excluding hydrogens is 1590 g/mol. The van der Waals surface area contributed by atoms with E-state index in [1.807, 2.05) is 0 Å². The van der Waals surface area contributed by atoms with Crippen LogP contribution in [0.15, 0.2) is 467 Å². The maximum atomic E-state index is 2.44. The molecule has 3 aliphatic carbocycles. The zero-order chi connectivity index (χ0) is 87.6. The van der Waals surface area contributed by atoms with E-state index >= 15 is 0 Å². The van der Waals surface area contributed by atoms with Crippen molar-refractivity contribution in [3.63, 3.8) is 0 Å². The Balaban J connectivity index is 0.000000110. The summed E-state index contributed by atoms with van der Waals surface area (Å²) in [5.74, 6) is 0. The lowest BCUT2D eigenvalue weighted by molar-refractivity contribution is 0.660. The summed E-state index contributed by atoms with van der Waals surface area (Å²) in [5, 5.41) is 10.2. The van der Waals surface area contributed by atoms with E-state index in [9.17, 15) is 0 Å². The molecule has 0 bridgehead atoms. The Morgan fingerprint density at radius 2 is 0.427 bits per heavy atom. The van der Waals surface area contributed by atoms with Gasteiger partial charge in [-0.25, -0.2) is 0 Å². The molecular formula is C125H92N6. The average molecular weight is 1680 g/mol. The number of para-hydroxylation sites is 6. The third-order valence-electron chi connectivity index (χ3n) is 28.3. The van der Waals surface area contributed by atoms with Crippen LogP contribution in [-0.2, 0) is 10.8 Å². The molecule has 0 saturated carbocycles. The van der Waals surface area contributed by atoms with Crippen LogP contribution in [0.4, 0.5) is 34.1 Å². The monoisotopic (exact) mass is 1680 g/mol. The van der Waals surface area contributed by atoms with Gasteiger partial charge in [-0.1, -0.05) is 341 Å². The highest BCUT2D eigenvalue weighted by atomic mass is 15.1. The fourth-order valence-electron chi connectivity index (χ4n) is 21.8. The van der Waals surface area contributed by atoms with E-state index in [1.165, 1.54) is 222 Å². The minimum absolute atomic E-state index is 0.00196. The molecule has 0 amide bonds. The van der Waals surface area contributed by atoms with Crippen LogP contribution in [0, 0.1) is 0 Å². The molecule has 0 unspecified atom stereocenters. The normalized spacial score (nSPS) is 12.7. The van der Waals surface area contributed by atoms with Crippen LogP contribution < -0.4 is 14.7 Å². The van der Waals surface area contributed by atoms with Crippen molar-refractivity contribution in [1.82, 2.24) is 13.7 Å². The van der Waals surface area contributed by atoms with E-state index < -0.39 is 0 Å². The Morgan fingerprint density at radius 3 is 0.779 bits per heavy atom. The van der Waals surface area contributed by atoms with Crippen molar-refractivity contribution in [3.05, 3.63) is 500 Å². The lowest BCUT2D eigenvalue weighted by atomic mass is 9.70. The molecule has 6 nitrogen and oxygen atoms in total. The summed E-state index contributed by atoms with van der Waals surface area (Å²) in [6, 6.07) is 170. The number of hydrogen-bond acceptors (Lipinski definition) is 3. The van der Waals surface area contributed by atoms with E-state index in [0.29, 0.717) is 0 Å². The quantitative estimate of drug-likeness (QED) is 0.122. The summed E-state index contributed by atoms with van der Waals surface area (Å²) < 4.78 is 7.09. The van der Waals surface area contributed by atoms with Crippen molar-refractivity contribution >= 4 is 110 Å². The van der Waals surface area contributed by atoms with Gasteiger partial charge in [0.2, 0.25) is 0 Å². The molecule has 1 spiro atoms. The Labute approximate surface area is 763 Å². The molecule has 622 valence electrons. The summed E-state index contributed by atoms with van der Waals surface area (Å²) in [6.45, 7) is 4.67. The SMILES string of the molecule is CN(c1ccc(-c2ccc(-n3c4ccccc4c4ccccc43)cc2)cc1)c1ccc2c(c1)C(C)(C)c1ccccc1-2.CN(c1ccc(-c2ccc(-n3c4ccccc4c4ccccc43)cc2)cc1)c1ccc2c(c1)C1(c3ccccc3-c3ccccc31)c1ccccc1-2.CN(c1ccc(-c2ccc(-n3c4ccccc4c4ccccc43)cc2)cc1)c1cccc2ccccc12. The molecule has 3 heterocycles. The van der Waals surface area contributed by atoms with Crippen LogP contribution in [0.2, 0.25) is 0 Å². The predicted molar refractivity (Wildman–Crippen MR) is 554 cm³/mol.